The smallest absolute Gasteiger partial charge is 0.331 e. The van der Waals surface area contributed by atoms with Gasteiger partial charge in [0.05, 0.1) is 7.11 Å². The summed E-state index contributed by atoms with van der Waals surface area (Å²) in [5.74, 6) is -0.361. The maximum atomic E-state index is 10.9. The summed E-state index contributed by atoms with van der Waals surface area (Å²) in [6, 6.07) is 8.05. The minimum absolute atomic E-state index is 0.361. The van der Waals surface area contributed by atoms with Crippen LogP contribution < -0.4 is 5.32 Å². The van der Waals surface area contributed by atoms with Crippen LogP contribution in [0.3, 0.4) is 0 Å². The molecular formula is C13H17NO2. The monoisotopic (exact) mass is 219 g/mol. The van der Waals surface area contributed by atoms with Crippen LogP contribution in [0.4, 0.5) is 5.69 Å². The van der Waals surface area contributed by atoms with Crippen LogP contribution in [0.1, 0.15) is 18.9 Å². The Kier molecular flexibility index (Phi) is 5.12. The fourth-order valence-electron chi connectivity index (χ4n) is 1.42. The second-order valence-electron chi connectivity index (χ2n) is 3.41. The third-order valence-electron chi connectivity index (χ3n) is 2.20. The van der Waals surface area contributed by atoms with E-state index in [0.717, 1.165) is 18.5 Å². The fourth-order valence-corrected chi connectivity index (χ4v) is 1.42. The van der Waals surface area contributed by atoms with Gasteiger partial charge >= 0.3 is 5.97 Å². The molecule has 0 bridgehead atoms. The molecule has 1 rings (SSSR count). The summed E-state index contributed by atoms with van der Waals surface area (Å²) in [6.07, 6.45) is 5.08. The normalized spacial score (nSPS) is 10.4. The van der Waals surface area contributed by atoms with Crippen LogP contribution in [0.25, 0.3) is 0 Å². The molecule has 0 amide bonds. The molecule has 3 heteroatoms. The van der Waals surface area contributed by atoms with Crippen molar-refractivity contribution in [2.75, 3.05) is 12.4 Å². The highest BCUT2D eigenvalue weighted by atomic mass is 16.5. The van der Waals surface area contributed by atoms with Gasteiger partial charge in [-0.05, 0) is 18.1 Å². The van der Waals surface area contributed by atoms with Crippen molar-refractivity contribution in [3.8, 4) is 0 Å². The molecule has 0 aliphatic heterocycles. The molecule has 1 aromatic carbocycles. The zero-order valence-electron chi connectivity index (χ0n) is 9.69. The number of carbonyl (C=O) groups excluding carboxylic acids is 1. The first-order valence-corrected chi connectivity index (χ1v) is 5.37. The lowest BCUT2D eigenvalue weighted by molar-refractivity contribution is -0.134. The van der Waals surface area contributed by atoms with Crippen LogP contribution in [0.15, 0.2) is 36.5 Å². The highest BCUT2D eigenvalue weighted by Gasteiger charge is 1.98. The van der Waals surface area contributed by atoms with E-state index < -0.39 is 0 Å². The van der Waals surface area contributed by atoms with Gasteiger partial charge in [-0.1, -0.05) is 31.5 Å². The van der Waals surface area contributed by atoms with Crippen molar-refractivity contribution in [2.24, 2.45) is 0 Å². The Balaban J connectivity index is 2.65. The average Bonchev–Trinajstić information content (AvgIpc) is 2.31. The maximum absolute atomic E-state index is 10.9. The van der Waals surface area contributed by atoms with E-state index in [9.17, 15) is 4.79 Å². The number of hydrogen-bond donors (Lipinski definition) is 1. The zero-order chi connectivity index (χ0) is 11.8. The molecule has 0 radical (unpaired) electrons. The maximum Gasteiger partial charge on any atom is 0.331 e. The van der Waals surface area contributed by atoms with Crippen LogP contribution in [0, 0.1) is 0 Å². The Labute approximate surface area is 96.1 Å². The molecule has 0 aliphatic rings. The van der Waals surface area contributed by atoms with E-state index in [1.807, 2.05) is 18.2 Å². The van der Waals surface area contributed by atoms with Crippen molar-refractivity contribution in [1.29, 1.82) is 0 Å². The van der Waals surface area contributed by atoms with E-state index in [1.165, 1.54) is 18.7 Å². The van der Waals surface area contributed by atoms with Gasteiger partial charge in [0.2, 0.25) is 0 Å². The van der Waals surface area contributed by atoms with E-state index in [-0.39, 0.29) is 5.97 Å². The fraction of sp³-hybridized carbons (Fsp3) is 0.308. The first kappa shape index (κ1) is 12.3. The van der Waals surface area contributed by atoms with Gasteiger partial charge in [0, 0.05) is 18.0 Å². The molecule has 1 aromatic rings. The summed E-state index contributed by atoms with van der Waals surface area (Å²) in [5, 5.41) is 3.08. The van der Waals surface area contributed by atoms with Crippen LogP contribution >= 0.6 is 0 Å². The van der Waals surface area contributed by atoms with E-state index in [0.29, 0.717) is 0 Å². The molecule has 86 valence electrons. The van der Waals surface area contributed by atoms with Crippen LogP contribution in [-0.4, -0.2) is 13.1 Å². The Morgan fingerprint density at radius 2 is 2.19 bits per heavy atom. The highest BCUT2D eigenvalue weighted by Crippen LogP contribution is 2.16. The van der Waals surface area contributed by atoms with Crippen LogP contribution in [0.2, 0.25) is 0 Å². The van der Waals surface area contributed by atoms with Gasteiger partial charge in [0.15, 0.2) is 0 Å². The predicted octanol–water partition coefficient (Wildman–Crippen LogP) is 2.74. The summed E-state index contributed by atoms with van der Waals surface area (Å²) in [5.41, 5.74) is 2.28. The highest BCUT2D eigenvalue weighted by molar-refractivity contribution is 5.82. The second kappa shape index (κ2) is 6.67. The van der Waals surface area contributed by atoms with E-state index >= 15 is 0 Å². The van der Waals surface area contributed by atoms with Gasteiger partial charge in [0.25, 0.3) is 0 Å². The molecule has 0 fully saturated rings. The third kappa shape index (κ3) is 3.77. The lowest BCUT2D eigenvalue weighted by Gasteiger charge is -2.07. The van der Waals surface area contributed by atoms with Crippen molar-refractivity contribution in [1.82, 2.24) is 0 Å². The molecule has 1 N–H and O–H groups in total. The molecule has 3 nitrogen and oxygen atoms in total. The number of methoxy groups -OCH3 is 1. The molecule has 0 atom stereocenters. The van der Waals surface area contributed by atoms with Gasteiger partial charge in [-0.3, -0.25) is 0 Å². The first-order chi connectivity index (χ1) is 7.77. The van der Waals surface area contributed by atoms with Gasteiger partial charge < -0.3 is 10.1 Å². The number of esters is 1. The molecule has 0 unspecified atom stereocenters. The van der Waals surface area contributed by atoms with Crippen molar-refractivity contribution in [3.63, 3.8) is 0 Å². The molecule has 16 heavy (non-hydrogen) atoms. The standard InChI is InChI=1S/C13H17NO2/c1-3-6-11-7-4-5-8-12(11)14-10-9-13(15)16-2/h4-5,7-10,14H,3,6H2,1-2H3/b10-9+. The minimum atomic E-state index is -0.361. The number of ether oxygens (including phenoxy) is 1. The quantitative estimate of drug-likeness (QED) is 0.611. The molecule has 0 aliphatic carbocycles. The number of para-hydroxylation sites is 1. The van der Waals surface area contributed by atoms with Crippen molar-refractivity contribution in [2.45, 2.75) is 19.8 Å². The van der Waals surface area contributed by atoms with E-state index in [2.05, 4.69) is 23.0 Å². The minimum Gasteiger partial charge on any atom is -0.466 e. The topological polar surface area (TPSA) is 38.3 Å². The summed E-state index contributed by atoms with van der Waals surface area (Å²) in [7, 11) is 1.36. The number of rotatable bonds is 5. The third-order valence-corrected chi connectivity index (χ3v) is 2.20. The molecule has 0 heterocycles. The number of hydrogen-bond acceptors (Lipinski definition) is 3. The number of nitrogens with one attached hydrogen (secondary N) is 1. The van der Waals surface area contributed by atoms with Crippen molar-refractivity contribution >= 4 is 11.7 Å². The lowest BCUT2D eigenvalue weighted by Crippen LogP contribution is -1.98. The predicted molar refractivity (Wildman–Crippen MR) is 65.2 cm³/mol. The Morgan fingerprint density at radius 1 is 1.44 bits per heavy atom. The average molecular weight is 219 g/mol. The lowest BCUT2D eigenvalue weighted by atomic mass is 10.1. The zero-order valence-corrected chi connectivity index (χ0v) is 9.69. The summed E-state index contributed by atoms with van der Waals surface area (Å²) >= 11 is 0. The van der Waals surface area contributed by atoms with Crippen molar-refractivity contribution in [3.05, 3.63) is 42.1 Å². The summed E-state index contributed by atoms with van der Waals surface area (Å²) in [4.78, 5) is 10.9. The van der Waals surface area contributed by atoms with Crippen molar-refractivity contribution < 1.29 is 9.53 Å². The Morgan fingerprint density at radius 3 is 2.88 bits per heavy atom. The SMILES string of the molecule is CCCc1ccccc1N/C=C/C(=O)OC. The first-order valence-electron chi connectivity index (χ1n) is 5.37. The largest absolute Gasteiger partial charge is 0.466 e. The number of anilines is 1. The number of benzene rings is 1. The van der Waals surface area contributed by atoms with Gasteiger partial charge in [-0.2, -0.15) is 0 Å². The van der Waals surface area contributed by atoms with E-state index in [4.69, 9.17) is 0 Å². The molecule has 0 saturated carbocycles. The van der Waals surface area contributed by atoms with Gasteiger partial charge in [-0.25, -0.2) is 4.79 Å². The summed E-state index contributed by atoms with van der Waals surface area (Å²) in [6.45, 7) is 2.14. The van der Waals surface area contributed by atoms with Gasteiger partial charge in [-0.15, -0.1) is 0 Å². The van der Waals surface area contributed by atoms with E-state index in [1.54, 1.807) is 6.20 Å². The Hall–Kier alpha value is -1.77. The second-order valence-corrected chi connectivity index (χ2v) is 3.41. The van der Waals surface area contributed by atoms with Crippen LogP contribution in [-0.2, 0) is 16.0 Å². The van der Waals surface area contributed by atoms with Gasteiger partial charge in [0.1, 0.15) is 0 Å². The molecule has 0 spiro atoms. The van der Waals surface area contributed by atoms with Crippen LogP contribution in [0.5, 0.6) is 0 Å². The molecule has 0 saturated heterocycles. The number of carbonyl (C=O) groups is 1. The summed E-state index contributed by atoms with van der Waals surface area (Å²) < 4.78 is 4.50. The number of aryl methyl sites for hydroxylation is 1. The molecule has 0 aromatic heterocycles. The Bertz CT molecular complexity index is 372. The molecular weight excluding hydrogens is 202 g/mol.